The van der Waals surface area contributed by atoms with E-state index in [0.717, 1.165) is 25.8 Å². The molecule has 0 saturated carbocycles. The van der Waals surface area contributed by atoms with E-state index >= 15 is 0 Å². The van der Waals surface area contributed by atoms with E-state index in [4.69, 9.17) is 10.5 Å². The number of ether oxygens (including phenoxy) is 1. The normalized spacial score (nSPS) is 20.9. The molecule has 1 amide bonds. The van der Waals surface area contributed by atoms with Crippen molar-refractivity contribution in [3.63, 3.8) is 0 Å². The topological polar surface area (TPSA) is 64.4 Å². The lowest BCUT2D eigenvalue weighted by atomic mass is 9.79. The lowest BCUT2D eigenvalue weighted by Crippen LogP contribution is -2.49. The zero-order valence-corrected chi connectivity index (χ0v) is 11.6. The first kappa shape index (κ1) is 14.8. The van der Waals surface area contributed by atoms with E-state index < -0.39 is 0 Å². The lowest BCUT2D eigenvalue weighted by Gasteiger charge is -2.34. The third-order valence-electron chi connectivity index (χ3n) is 3.56. The zero-order valence-electron chi connectivity index (χ0n) is 10.8. The number of hydrogen-bond acceptors (Lipinski definition) is 4. The number of carbonyl (C=O) groups excluding carboxylic acids is 1. The van der Waals surface area contributed by atoms with Crippen LogP contribution in [0.4, 0.5) is 0 Å². The Balaban J connectivity index is 2.38. The second-order valence-electron chi connectivity index (χ2n) is 4.69. The summed E-state index contributed by atoms with van der Waals surface area (Å²) in [4.78, 5) is 12.2. The quantitative estimate of drug-likeness (QED) is 0.748. The molecule has 1 aliphatic heterocycles. The van der Waals surface area contributed by atoms with Gasteiger partial charge >= 0.3 is 0 Å². The molecule has 1 aliphatic rings. The largest absolute Gasteiger partial charge is 0.381 e. The lowest BCUT2D eigenvalue weighted by molar-refractivity contribution is -0.135. The van der Waals surface area contributed by atoms with Gasteiger partial charge in [0.1, 0.15) is 0 Å². The van der Waals surface area contributed by atoms with Crippen LogP contribution in [-0.4, -0.2) is 43.7 Å². The van der Waals surface area contributed by atoms with E-state index in [2.05, 4.69) is 18.5 Å². The monoisotopic (exact) mass is 260 g/mol. The van der Waals surface area contributed by atoms with Crippen LogP contribution in [0.5, 0.6) is 0 Å². The molecule has 17 heavy (non-hydrogen) atoms. The van der Waals surface area contributed by atoms with Crippen molar-refractivity contribution in [1.82, 2.24) is 5.32 Å². The summed E-state index contributed by atoms with van der Waals surface area (Å²) >= 11 is 1.82. The van der Waals surface area contributed by atoms with E-state index in [1.54, 1.807) is 0 Å². The number of hydrogen-bond donors (Lipinski definition) is 2. The minimum atomic E-state index is -0.388. The molecule has 0 radical (unpaired) electrons. The Bertz CT molecular complexity index is 243. The Morgan fingerprint density at radius 1 is 1.53 bits per heavy atom. The van der Waals surface area contributed by atoms with Gasteiger partial charge in [0.15, 0.2) is 0 Å². The molecule has 0 aliphatic carbocycles. The van der Waals surface area contributed by atoms with Gasteiger partial charge in [-0.1, -0.05) is 6.92 Å². The van der Waals surface area contributed by atoms with Crippen molar-refractivity contribution in [1.29, 1.82) is 0 Å². The Kier molecular flexibility index (Phi) is 6.30. The number of nitrogens with one attached hydrogen (secondary N) is 1. The minimum Gasteiger partial charge on any atom is -0.381 e. The van der Waals surface area contributed by atoms with Crippen molar-refractivity contribution in [3.05, 3.63) is 0 Å². The molecule has 1 unspecified atom stereocenters. The molecule has 0 aromatic rings. The van der Waals surface area contributed by atoms with Crippen LogP contribution in [0.1, 0.15) is 26.2 Å². The summed E-state index contributed by atoms with van der Waals surface area (Å²) in [5.74, 6) is 0.108. The van der Waals surface area contributed by atoms with Gasteiger partial charge in [-0.3, -0.25) is 4.79 Å². The average molecular weight is 260 g/mol. The molecular weight excluding hydrogens is 236 g/mol. The maximum atomic E-state index is 12.2. The van der Waals surface area contributed by atoms with Crippen LogP contribution in [0, 0.1) is 5.41 Å². The molecule has 5 heteroatoms. The van der Waals surface area contributed by atoms with E-state index in [0.29, 0.717) is 25.0 Å². The van der Waals surface area contributed by atoms with Gasteiger partial charge in [0.2, 0.25) is 5.91 Å². The summed E-state index contributed by atoms with van der Waals surface area (Å²) in [6, 6.07) is 0. The van der Waals surface area contributed by atoms with Crippen molar-refractivity contribution < 1.29 is 9.53 Å². The first-order chi connectivity index (χ1) is 8.14. The standard InChI is InChI=1S/C12H24N2O2S/c1-10(17-2)3-6-14-11(15)12(9-13)4-7-16-8-5-12/h10H,3-9,13H2,1-2H3,(H,14,15). The maximum Gasteiger partial charge on any atom is 0.227 e. The van der Waals surface area contributed by atoms with Crippen LogP contribution in [-0.2, 0) is 9.53 Å². The fourth-order valence-electron chi connectivity index (χ4n) is 1.98. The second-order valence-corrected chi connectivity index (χ2v) is 5.96. The van der Waals surface area contributed by atoms with E-state index in [9.17, 15) is 4.79 Å². The first-order valence-electron chi connectivity index (χ1n) is 6.23. The van der Waals surface area contributed by atoms with Crippen molar-refractivity contribution in [3.8, 4) is 0 Å². The van der Waals surface area contributed by atoms with Crippen molar-refractivity contribution in [2.24, 2.45) is 11.1 Å². The fraction of sp³-hybridized carbons (Fsp3) is 0.917. The molecular formula is C12H24N2O2S. The fourth-order valence-corrected chi connectivity index (χ4v) is 2.33. The van der Waals surface area contributed by atoms with E-state index in [1.807, 2.05) is 11.8 Å². The zero-order chi connectivity index (χ0) is 12.7. The number of nitrogens with two attached hydrogens (primary N) is 1. The molecule has 100 valence electrons. The van der Waals surface area contributed by atoms with Gasteiger partial charge in [0.25, 0.3) is 0 Å². The maximum absolute atomic E-state index is 12.2. The van der Waals surface area contributed by atoms with Gasteiger partial charge in [-0.2, -0.15) is 11.8 Å². The van der Waals surface area contributed by atoms with Gasteiger partial charge in [-0.15, -0.1) is 0 Å². The predicted octanol–water partition coefficient (Wildman–Crippen LogP) is 1.000. The molecule has 0 aromatic heterocycles. The SMILES string of the molecule is CSC(C)CCNC(=O)C1(CN)CCOCC1. The Labute approximate surface area is 108 Å². The molecule has 0 bridgehead atoms. The highest BCUT2D eigenvalue weighted by Gasteiger charge is 2.38. The summed E-state index contributed by atoms with van der Waals surface area (Å²) in [7, 11) is 0. The molecule has 1 rings (SSSR count). The number of carbonyl (C=O) groups is 1. The summed E-state index contributed by atoms with van der Waals surface area (Å²) in [5.41, 5.74) is 5.39. The van der Waals surface area contributed by atoms with Crippen LogP contribution in [0.3, 0.4) is 0 Å². The van der Waals surface area contributed by atoms with Crippen LogP contribution in [0.25, 0.3) is 0 Å². The molecule has 0 spiro atoms. The number of amides is 1. The third-order valence-corrected chi connectivity index (χ3v) is 4.60. The third kappa shape index (κ3) is 4.16. The highest BCUT2D eigenvalue weighted by atomic mass is 32.2. The smallest absolute Gasteiger partial charge is 0.227 e. The molecule has 1 fully saturated rings. The van der Waals surface area contributed by atoms with Crippen molar-refractivity contribution in [2.45, 2.75) is 31.4 Å². The molecule has 0 aromatic carbocycles. The van der Waals surface area contributed by atoms with Gasteiger partial charge in [-0.25, -0.2) is 0 Å². The van der Waals surface area contributed by atoms with Gasteiger partial charge in [-0.05, 0) is 25.5 Å². The summed E-state index contributed by atoms with van der Waals surface area (Å²) in [6.07, 6.45) is 4.58. The Morgan fingerprint density at radius 2 is 2.18 bits per heavy atom. The highest BCUT2D eigenvalue weighted by Crippen LogP contribution is 2.29. The summed E-state index contributed by atoms with van der Waals surface area (Å²) < 4.78 is 5.30. The second kappa shape index (κ2) is 7.24. The summed E-state index contributed by atoms with van der Waals surface area (Å²) in [5, 5.41) is 3.60. The van der Waals surface area contributed by atoms with Crippen LogP contribution >= 0.6 is 11.8 Å². The van der Waals surface area contributed by atoms with E-state index in [-0.39, 0.29) is 11.3 Å². The Morgan fingerprint density at radius 3 is 2.71 bits per heavy atom. The van der Waals surface area contributed by atoms with Gasteiger partial charge < -0.3 is 15.8 Å². The van der Waals surface area contributed by atoms with Crippen LogP contribution in [0.2, 0.25) is 0 Å². The van der Waals surface area contributed by atoms with Crippen LogP contribution in [0.15, 0.2) is 0 Å². The first-order valence-corrected chi connectivity index (χ1v) is 7.52. The predicted molar refractivity (Wildman–Crippen MR) is 72.1 cm³/mol. The number of rotatable bonds is 6. The van der Waals surface area contributed by atoms with E-state index in [1.165, 1.54) is 0 Å². The van der Waals surface area contributed by atoms with Gasteiger partial charge in [0, 0.05) is 31.6 Å². The molecule has 1 atom stereocenters. The minimum absolute atomic E-state index is 0.108. The summed E-state index contributed by atoms with van der Waals surface area (Å²) in [6.45, 7) is 4.62. The Hall–Kier alpha value is -0.260. The molecule has 1 saturated heterocycles. The highest BCUT2D eigenvalue weighted by molar-refractivity contribution is 7.99. The number of thioether (sulfide) groups is 1. The van der Waals surface area contributed by atoms with Crippen molar-refractivity contribution >= 4 is 17.7 Å². The molecule has 1 heterocycles. The van der Waals surface area contributed by atoms with Gasteiger partial charge in [0.05, 0.1) is 5.41 Å². The average Bonchev–Trinajstić information content (AvgIpc) is 2.39. The molecule has 3 N–H and O–H groups in total. The van der Waals surface area contributed by atoms with Crippen molar-refractivity contribution in [2.75, 3.05) is 32.6 Å². The van der Waals surface area contributed by atoms with Crippen LogP contribution < -0.4 is 11.1 Å². The molecule has 4 nitrogen and oxygen atoms in total.